The zero-order chi connectivity index (χ0) is 25.5. The highest BCUT2D eigenvalue weighted by molar-refractivity contribution is 5.78. The Hall–Kier alpha value is -3.44. The molecule has 12 heteroatoms. The van der Waals surface area contributed by atoms with Crippen LogP contribution in [0.4, 0.5) is 39.5 Å². The molecule has 0 fully saturated rings. The highest BCUT2D eigenvalue weighted by atomic mass is 19.4. The summed E-state index contributed by atoms with van der Waals surface area (Å²) in [6.45, 7) is 0. The fourth-order valence-corrected chi connectivity index (χ4v) is 3.31. The minimum atomic E-state index is -5.52. The van der Waals surface area contributed by atoms with E-state index in [1.54, 1.807) is 0 Å². The van der Waals surface area contributed by atoms with Gasteiger partial charge in [0.05, 0.1) is 36.6 Å². The van der Waals surface area contributed by atoms with Gasteiger partial charge in [0.1, 0.15) is 11.5 Å². The summed E-state index contributed by atoms with van der Waals surface area (Å²) >= 11 is 0. The third-order valence-electron chi connectivity index (χ3n) is 4.81. The van der Waals surface area contributed by atoms with Crippen LogP contribution in [0.3, 0.4) is 0 Å². The van der Waals surface area contributed by atoms with Crippen LogP contribution >= 0.6 is 0 Å². The summed E-state index contributed by atoms with van der Waals surface area (Å²) in [6.07, 6.45) is -15.5. The number of pyridine rings is 1. The third kappa shape index (κ3) is 5.05. The van der Waals surface area contributed by atoms with Crippen molar-refractivity contribution in [2.75, 3.05) is 14.2 Å². The average molecular weight is 495 g/mol. The Morgan fingerprint density at radius 3 is 1.74 bits per heavy atom. The largest absolute Gasteiger partial charge is 0.497 e. The molecule has 182 valence electrons. The highest BCUT2D eigenvalue weighted by Gasteiger charge is 2.45. The van der Waals surface area contributed by atoms with Gasteiger partial charge in [-0.05, 0) is 42.0 Å². The van der Waals surface area contributed by atoms with Gasteiger partial charge in [0.25, 0.3) is 0 Å². The lowest BCUT2D eigenvalue weighted by Crippen LogP contribution is -2.18. The first kappa shape index (κ1) is 25.2. The Labute approximate surface area is 186 Å². The smallest absolute Gasteiger partial charge is 0.417 e. The van der Waals surface area contributed by atoms with Crippen LogP contribution < -0.4 is 9.47 Å². The molecule has 0 aliphatic rings. The van der Waals surface area contributed by atoms with E-state index >= 15 is 0 Å². The lowest BCUT2D eigenvalue weighted by Gasteiger charge is -2.22. The Bertz CT molecular complexity index is 1160. The molecule has 0 aliphatic heterocycles. The predicted molar refractivity (Wildman–Crippen MR) is 103 cm³/mol. The fourth-order valence-electron chi connectivity index (χ4n) is 3.31. The number of aromatic nitrogens is 1. The van der Waals surface area contributed by atoms with Gasteiger partial charge in [-0.15, -0.1) is 0 Å². The summed E-state index contributed by atoms with van der Waals surface area (Å²) < 4.78 is 132. The zero-order valence-corrected chi connectivity index (χ0v) is 17.3. The van der Waals surface area contributed by atoms with E-state index in [4.69, 9.17) is 9.47 Å². The first-order valence-electron chi connectivity index (χ1n) is 9.25. The van der Waals surface area contributed by atoms with Gasteiger partial charge in [-0.25, -0.2) is 0 Å². The minimum Gasteiger partial charge on any atom is -0.497 e. The van der Waals surface area contributed by atoms with Crippen LogP contribution in [0, 0.1) is 0 Å². The first-order chi connectivity index (χ1) is 15.7. The number of hydrogen-bond donors (Lipinski definition) is 0. The number of benzene rings is 2. The van der Waals surface area contributed by atoms with Crippen molar-refractivity contribution in [3.63, 3.8) is 0 Å². The van der Waals surface area contributed by atoms with E-state index in [2.05, 4.69) is 4.98 Å². The quantitative estimate of drug-likeness (QED) is 0.352. The summed E-state index contributed by atoms with van der Waals surface area (Å²) in [5.74, 6) is 0.515. The maximum atomic E-state index is 13.7. The maximum absolute atomic E-state index is 13.7. The summed E-state index contributed by atoms with van der Waals surface area (Å²) in [4.78, 5) is 3.98. The van der Waals surface area contributed by atoms with E-state index in [0.29, 0.717) is 5.75 Å². The summed E-state index contributed by atoms with van der Waals surface area (Å²) in [6, 6.07) is 5.41. The molecular formula is C22H14F9NO2. The van der Waals surface area contributed by atoms with Crippen LogP contribution in [-0.2, 0) is 18.5 Å². The van der Waals surface area contributed by atoms with Crippen LogP contribution in [0.1, 0.15) is 16.7 Å². The molecule has 3 aromatic rings. The number of halogens is 9. The van der Waals surface area contributed by atoms with Gasteiger partial charge in [-0.2, -0.15) is 39.5 Å². The average Bonchev–Trinajstić information content (AvgIpc) is 2.76. The van der Waals surface area contributed by atoms with E-state index in [1.807, 2.05) is 0 Å². The second-order valence-corrected chi connectivity index (χ2v) is 6.94. The molecule has 0 amide bonds. The van der Waals surface area contributed by atoms with Gasteiger partial charge in [-0.3, -0.25) is 4.98 Å². The number of rotatable bonds is 4. The minimum absolute atomic E-state index is 0.0712. The standard InChI is InChI=1S/C22H14F9NO2/c1-33-13-3-4-14(18(10-13)34-2)17-7-11(5-6-32-17)19-15(21(26,27)28)8-12(20(23,24)25)9-16(19)22(29,30)31/h3-10H,1-2H3. The number of methoxy groups -OCH3 is 2. The third-order valence-corrected chi connectivity index (χ3v) is 4.81. The molecule has 1 heterocycles. The van der Waals surface area contributed by atoms with Crippen LogP contribution in [0.15, 0.2) is 48.7 Å². The number of hydrogen-bond acceptors (Lipinski definition) is 3. The van der Waals surface area contributed by atoms with Crippen molar-refractivity contribution in [1.29, 1.82) is 0 Å². The molecule has 0 N–H and O–H groups in total. The Morgan fingerprint density at radius 2 is 1.26 bits per heavy atom. The monoisotopic (exact) mass is 495 g/mol. The first-order valence-corrected chi connectivity index (χ1v) is 9.25. The van der Waals surface area contributed by atoms with Gasteiger partial charge in [-0.1, -0.05) is 0 Å². The van der Waals surface area contributed by atoms with Crippen LogP contribution in [-0.4, -0.2) is 19.2 Å². The molecular weight excluding hydrogens is 481 g/mol. The van der Waals surface area contributed by atoms with Gasteiger partial charge >= 0.3 is 18.5 Å². The van der Waals surface area contributed by atoms with Crippen molar-refractivity contribution in [3.05, 3.63) is 65.4 Å². The molecule has 0 spiro atoms. The van der Waals surface area contributed by atoms with Gasteiger partial charge < -0.3 is 9.47 Å². The summed E-state index contributed by atoms with van der Waals surface area (Å²) in [5, 5.41) is 0. The number of ether oxygens (including phenoxy) is 2. The molecule has 0 aliphatic carbocycles. The van der Waals surface area contributed by atoms with Gasteiger partial charge in [0.15, 0.2) is 0 Å². The molecule has 34 heavy (non-hydrogen) atoms. The van der Waals surface area contributed by atoms with Crippen LogP contribution in [0.25, 0.3) is 22.4 Å². The molecule has 3 nitrogen and oxygen atoms in total. The van der Waals surface area contributed by atoms with Crippen molar-refractivity contribution >= 4 is 0 Å². The zero-order valence-electron chi connectivity index (χ0n) is 17.3. The maximum Gasteiger partial charge on any atom is 0.417 e. The van der Waals surface area contributed by atoms with E-state index in [1.165, 1.54) is 32.4 Å². The highest BCUT2D eigenvalue weighted by Crippen LogP contribution is 2.48. The number of alkyl halides is 9. The second kappa shape index (κ2) is 8.73. The molecule has 2 aromatic carbocycles. The van der Waals surface area contributed by atoms with E-state index in [9.17, 15) is 39.5 Å². The molecule has 3 rings (SSSR count). The molecule has 1 aromatic heterocycles. The predicted octanol–water partition coefficient (Wildman–Crippen LogP) is 7.49. The molecule has 0 unspecified atom stereocenters. The number of nitrogens with zero attached hydrogens (tertiary/aromatic N) is 1. The Morgan fingerprint density at radius 1 is 0.676 bits per heavy atom. The molecule has 0 bridgehead atoms. The Balaban J connectivity index is 2.35. The van der Waals surface area contributed by atoms with Crippen molar-refractivity contribution in [2.45, 2.75) is 18.5 Å². The molecule has 0 radical (unpaired) electrons. The van der Waals surface area contributed by atoms with Gasteiger partial charge in [0.2, 0.25) is 0 Å². The molecule has 0 saturated carbocycles. The van der Waals surface area contributed by atoms with Crippen LogP contribution in [0.5, 0.6) is 11.5 Å². The lowest BCUT2D eigenvalue weighted by atomic mass is 9.90. The Kier molecular flexibility index (Phi) is 6.47. The summed E-state index contributed by atoms with van der Waals surface area (Å²) in [7, 11) is 2.65. The lowest BCUT2D eigenvalue weighted by molar-refractivity contribution is -0.147. The fraction of sp³-hybridized carbons (Fsp3) is 0.227. The SMILES string of the molecule is COc1ccc(-c2cc(-c3c(C(F)(F)F)cc(C(F)(F)F)cc3C(F)(F)F)ccn2)c(OC)c1. The second-order valence-electron chi connectivity index (χ2n) is 6.94. The van der Waals surface area contributed by atoms with Crippen molar-refractivity contribution in [3.8, 4) is 33.9 Å². The van der Waals surface area contributed by atoms with Gasteiger partial charge in [0, 0.05) is 23.4 Å². The normalized spacial score (nSPS) is 12.6. The van der Waals surface area contributed by atoms with Crippen molar-refractivity contribution < 1.29 is 49.0 Å². The van der Waals surface area contributed by atoms with E-state index in [-0.39, 0.29) is 29.1 Å². The summed E-state index contributed by atoms with van der Waals surface area (Å²) in [5.41, 5.74) is -8.15. The molecule has 0 atom stereocenters. The van der Waals surface area contributed by atoms with Crippen molar-refractivity contribution in [2.24, 2.45) is 0 Å². The van der Waals surface area contributed by atoms with E-state index < -0.39 is 46.3 Å². The van der Waals surface area contributed by atoms with Crippen LogP contribution in [0.2, 0.25) is 0 Å². The van der Waals surface area contributed by atoms with Crippen molar-refractivity contribution in [1.82, 2.24) is 4.98 Å². The molecule has 0 saturated heterocycles. The van der Waals surface area contributed by atoms with E-state index in [0.717, 1.165) is 18.3 Å². The topological polar surface area (TPSA) is 31.4 Å².